The number of primary amides is 1. The summed E-state index contributed by atoms with van der Waals surface area (Å²) in [6.45, 7) is 5.02. The van der Waals surface area contributed by atoms with Gasteiger partial charge in [-0.25, -0.2) is 27.9 Å². The quantitative estimate of drug-likeness (QED) is 0.0971. The van der Waals surface area contributed by atoms with Gasteiger partial charge in [0.05, 0.1) is 30.6 Å². The Balaban J connectivity index is 0.000000213. The number of aromatic nitrogens is 2. The monoisotopic (exact) mass is 880 g/mol. The molecule has 1 saturated heterocycles. The molecule has 1 aliphatic carbocycles. The summed E-state index contributed by atoms with van der Waals surface area (Å²) in [5.41, 5.74) is 8.89. The number of nitrogens with one attached hydrogen (secondary N) is 4. The average molecular weight is 881 g/mol. The lowest BCUT2D eigenvalue weighted by atomic mass is 10.1. The molecule has 8 rings (SSSR count). The first kappa shape index (κ1) is 43.9. The summed E-state index contributed by atoms with van der Waals surface area (Å²) in [5, 5.41) is 12.8. The van der Waals surface area contributed by atoms with Crippen LogP contribution in [0.15, 0.2) is 101 Å². The summed E-state index contributed by atoms with van der Waals surface area (Å²) in [7, 11) is -2.24. The molecule has 0 spiro atoms. The normalized spacial score (nSPS) is 21.3. The number of hydrogen-bond donors (Lipinski definition) is 5. The van der Waals surface area contributed by atoms with Crippen molar-refractivity contribution in [3.8, 4) is 22.9 Å². The highest BCUT2D eigenvalue weighted by atomic mass is 32.2. The number of likely N-dealkylation sites (tertiary alicyclic amines) is 1. The molecular formula is C45H52N8O7S2. The van der Waals surface area contributed by atoms with Gasteiger partial charge in [0, 0.05) is 53.5 Å². The number of methoxy groups -OCH3 is 1. The molecule has 4 amide bonds. The van der Waals surface area contributed by atoms with Crippen LogP contribution in [0.5, 0.6) is 11.5 Å². The first-order chi connectivity index (χ1) is 29.9. The molecule has 5 aromatic rings. The number of pyridine rings is 1. The van der Waals surface area contributed by atoms with E-state index >= 15 is 0 Å². The second-order valence-corrected chi connectivity index (χ2v) is 18.3. The van der Waals surface area contributed by atoms with Gasteiger partial charge >= 0.3 is 6.03 Å². The molecule has 0 bridgehead atoms. The number of sulfonamides is 1. The maximum absolute atomic E-state index is 13.0. The van der Waals surface area contributed by atoms with Crippen molar-refractivity contribution in [1.29, 1.82) is 0 Å². The number of allylic oxidation sites excluding steroid dienone is 2. The fourth-order valence-electron chi connectivity index (χ4n) is 7.41. The van der Waals surface area contributed by atoms with E-state index in [-0.39, 0.29) is 35.7 Å². The average Bonchev–Trinajstić information content (AvgIpc) is 3.66. The van der Waals surface area contributed by atoms with Crippen LogP contribution < -0.4 is 35.9 Å². The Labute approximate surface area is 365 Å². The van der Waals surface area contributed by atoms with Gasteiger partial charge in [-0.2, -0.15) is 0 Å². The molecule has 15 nitrogen and oxygen atoms in total. The Morgan fingerprint density at radius 1 is 0.968 bits per heavy atom. The Hall–Kier alpha value is -6.20. The summed E-state index contributed by atoms with van der Waals surface area (Å²) in [6.07, 6.45) is 8.93. The molecule has 4 atom stereocenters. The molecule has 0 radical (unpaired) electrons. The van der Waals surface area contributed by atoms with Gasteiger partial charge in [0.15, 0.2) is 5.13 Å². The third-order valence-electron chi connectivity index (χ3n) is 10.7. The number of hydrogen-bond acceptors (Lipinski definition) is 12. The van der Waals surface area contributed by atoms with Crippen LogP contribution in [-0.4, -0.2) is 79.5 Å². The minimum absolute atomic E-state index is 0.135. The van der Waals surface area contributed by atoms with Crippen molar-refractivity contribution in [2.24, 2.45) is 17.6 Å². The molecule has 62 heavy (non-hydrogen) atoms. The van der Waals surface area contributed by atoms with E-state index in [1.54, 1.807) is 37.4 Å². The zero-order valence-corrected chi connectivity index (χ0v) is 36.5. The first-order valence-electron chi connectivity index (χ1n) is 20.7. The highest BCUT2D eigenvalue weighted by molar-refractivity contribution is 7.90. The summed E-state index contributed by atoms with van der Waals surface area (Å²) in [4.78, 5) is 48.6. The van der Waals surface area contributed by atoms with E-state index in [4.69, 9.17) is 20.2 Å². The van der Waals surface area contributed by atoms with Gasteiger partial charge in [-0.15, -0.1) is 11.3 Å². The number of fused-ring (bicyclic) bond motifs is 3. The highest BCUT2D eigenvalue weighted by Gasteiger charge is 2.43. The number of nitrogens with two attached hydrogens (primary N) is 1. The Morgan fingerprint density at radius 3 is 2.53 bits per heavy atom. The molecule has 326 valence electrons. The van der Waals surface area contributed by atoms with Gasteiger partial charge in [-0.1, -0.05) is 48.9 Å². The number of amides is 4. The van der Waals surface area contributed by atoms with Crippen molar-refractivity contribution < 1.29 is 32.3 Å². The molecule has 2 aromatic heterocycles. The number of nitrogens with zero attached hydrogens (tertiary/aromatic N) is 3. The summed E-state index contributed by atoms with van der Waals surface area (Å²) < 4.78 is 39.1. The van der Waals surface area contributed by atoms with E-state index in [1.165, 1.54) is 22.3 Å². The van der Waals surface area contributed by atoms with Gasteiger partial charge in [0.25, 0.3) is 10.0 Å². The zero-order chi connectivity index (χ0) is 43.8. The highest BCUT2D eigenvalue weighted by Crippen LogP contribution is 2.40. The summed E-state index contributed by atoms with van der Waals surface area (Å²) in [5.74, 6) is 0.223. The molecule has 3 aromatic carbocycles. The van der Waals surface area contributed by atoms with Gasteiger partial charge in [0.2, 0.25) is 11.8 Å². The molecule has 6 N–H and O–H groups in total. The van der Waals surface area contributed by atoms with E-state index in [9.17, 15) is 22.8 Å². The topological polar surface area (TPSA) is 207 Å². The van der Waals surface area contributed by atoms with E-state index < -0.39 is 40.0 Å². The van der Waals surface area contributed by atoms with Crippen LogP contribution in [0.2, 0.25) is 0 Å². The lowest BCUT2D eigenvalue weighted by molar-refractivity contribution is -0.122. The molecular weight excluding hydrogens is 829 g/mol. The predicted molar refractivity (Wildman–Crippen MR) is 242 cm³/mol. The van der Waals surface area contributed by atoms with Crippen LogP contribution in [0.1, 0.15) is 52.4 Å². The fraction of sp³-hybridized carbons (Fsp3) is 0.356. The smallest absolute Gasteiger partial charge is 0.322 e. The number of rotatable bonds is 8. The van der Waals surface area contributed by atoms with Crippen LogP contribution >= 0.6 is 11.3 Å². The van der Waals surface area contributed by atoms with Crippen LogP contribution in [0.25, 0.3) is 22.3 Å². The number of ether oxygens (including phenoxy) is 2. The summed E-state index contributed by atoms with van der Waals surface area (Å²) in [6, 6.07) is 22.2. The molecule has 2 fully saturated rings. The minimum atomic E-state index is -3.84. The molecule has 3 aliphatic rings. The molecule has 17 heteroatoms. The van der Waals surface area contributed by atoms with Crippen LogP contribution in [0.4, 0.5) is 21.3 Å². The molecule has 2 aliphatic heterocycles. The zero-order valence-electron chi connectivity index (χ0n) is 34.9. The van der Waals surface area contributed by atoms with Crippen molar-refractivity contribution in [2.75, 3.05) is 36.1 Å². The molecule has 4 heterocycles. The number of anilines is 3. The molecule has 1 saturated carbocycles. The number of carbonyl (C=O) groups excluding carboxylic acids is 3. The van der Waals surface area contributed by atoms with Crippen molar-refractivity contribution in [3.63, 3.8) is 0 Å². The van der Waals surface area contributed by atoms with Crippen molar-refractivity contribution in [3.05, 3.63) is 96.4 Å². The van der Waals surface area contributed by atoms with Gasteiger partial charge < -0.3 is 36.1 Å². The number of benzene rings is 3. The van der Waals surface area contributed by atoms with E-state index in [0.29, 0.717) is 39.8 Å². The second-order valence-electron chi connectivity index (χ2n) is 15.7. The number of para-hydroxylation sites is 2. The molecule has 1 unspecified atom stereocenters. The SMILES string of the molecule is COc1ccc2c(OC3C[C@@H](C(N)=O)N(C(=O)Nc4ccccc4)C3)cc(-c3csc(NC(C)C)n3)nc2c1.O=C1NS(=O)(=O)c2ccccc2NCCCCC/C=C\[C@@H]2C[C@H]12. The van der Waals surface area contributed by atoms with Crippen molar-refractivity contribution in [2.45, 2.75) is 75.5 Å². The van der Waals surface area contributed by atoms with Gasteiger partial charge in [-0.3, -0.25) is 9.59 Å². The maximum atomic E-state index is 13.0. The largest absolute Gasteiger partial charge is 0.497 e. The number of carbonyl (C=O) groups is 3. The van der Waals surface area contributed by atoms with Gasteiger partial charge in [0.1, 0.15) is 34.2 Å². The van der Waals surface area contributed by atoms with E-state index in [1.807, 2.05) is 47.8 Å². The van der Waals surface area contributed by atoms with Gasteiger partial charge in [-0.05, 0) is 81.8 Å². The standard InChI is InChI=1S/C28H30N6O4S.C17H22N2O3S/c1-16(2)30-27-33-23(15-39-27)22-13-25(20-10-9-18(37-3)11-21(20)32-22)38-19-12-24(26(29)35)34(14-19)28(36)31-17-7-5-4-6-8-17;20-17-14-12-13(14)8-4-2-1-3-7-11-18-15-9-5-6-10-16(15)23(21,22)19-17/h4-11,13,15-16,19,24H,12,14H2,1-3H3,(H2,29,35)(H,30,33)(H,31,36);4-6,8-10,13-14,18H,1-3,7,11-12H2,(H,19,20)/b;8-4-/t19?,24-;13-,14+/m01/s1. The van der Waals surface area contributed by atoms with E-state index in [2.05, 4.69) is 51.7 Å². The lowest BCUT2D eigenvalue weighted by Gasteiger charge is -2.22. The van der Waals surface area contributed by atoms with Crippen molar-refractivity contribution in [1.82, 2.24) is 19.6 Å². The van der Waals surface area contributed by atoms with Crippen LogP contribution in [0.3, 0.4) is 0 Å². The van der Waals surface area contributed by atoms with Crippen molar-refractivity contribution >= 4 is 66.6 Å². The van der Waals surface area contributed by atoms with Crippen LogP contribution in [0, 0.1) is 11.8 Å². The number of urea groups is 1. The lowest BCUT2D eigenvalue weighted by Crippen LogP contribution is -2.45. The minimum Gasteiger partial charge on any atom is -0.497 e. The number of thiazole rings is 1. The third-order valence-corrected chi connectivity index (χ3v) is 12.8. The Kier molecular flexibility index (Phi) is 13.9. The third kappa shape index (κ3) is 11.0. The first-order valence-corrected chi connectivity index (χ1v) is 23.1. The summed E-state index contributed by atoms with van der Waals surface area (Å²) >= 11 is 1.50. The fourth-order valence-corrected chi connectivity index (χ4v) is 9.47. The Bertz CT molecular complexity index is 2530. The van der Waals surface area contributed by atoms with E-state index in [0.717, 1.165) is 49.2 Å². The second kappa shape index (κ2) is 19.7. The Morgan fingerprint density at radius 2 is 1.76 bits per heavy atom. The predicted octanol–water partition coefficient (Wildman–Crippen LogP) is 7.40. The van der Waals surface area contributed by atoms with Crippen LogP contribution in [-0.2, 0) is 19.6 Å². The maximum Gasteiger partial charge on any atom is 0.322 e.